The van der Waals surface area contributed by atoms with Gasteiger partial charge in [-0.25, -0.2) is 0 Å². The summed E-state index contributed by atoms with van der Waals surface area (Å²) in [7, 11) is 1.33. The standard InChI is InChI=1S/C12H22F3N3O2/c1-3-16-11(18-9-7-12(13,14)15)17-8-5-4-6-10(19)20-2/h3-9H2,1-2H3,(H2,16,17,18). The van der Waals surface area contributed by atoms with E-state index in [9.17, 15) is 18.0 Å². The molecule has 5 nitrogen and oxygen atoms in total. The Morgan fingerprint density at radius 1 is 1.25 bits per heavy atom. The Labute approximate surface area is 117 Å². The van der Waals surface area contributed by atoms with Gasteiger partial charge in [-0.15, -0.1) is 0 Å². The van der Waals surface area contributed by atoms with Gasteiger partial charge < -0.3 is 15.4 Å². The van der Waals surface area contributed by atoms with Crippen molar-refractivity contribution >= 4 is 11.9 Å². The fraction of sp³-hybridized carbons (Fsp3) is 0.833. The van der Waals surface area contributed by atoms with Gasteiger partial charge in [-0.05, 0) is 19.8 Å². The lowest BCUT2D eigenvalue weighted by Gasteiger charge is -2.12. The Hall–Kier alpha value is -1.47. The molecule has 20 heavy (non-hydrogen) atoms. The molecule has 0 fully saturated rings. The molecule has 0 aliphatic heterocycles. The number of hydrogen-bond acceptors (Lipinski definition) is 3. The summed E-state index contributed by atoms with van der Waals surface area (Å²) in [6.45, 7) is 2.63. The van der Waals surface area contributed by atoms with Gasteiger partial charge in [0.05, 0.1) is 13.5 Å². The van der Waals surface area contributed by atoms with E-state index in [4.69, 9.17) is 0 Å². The summed E-state index contributed by atoms with van der Waals surface area (Å²) in [5.74, 6) is 0.0824. The Morgan fingerprint density at radius 3 is 2.50 bits per heavy atom. The van der Waals surface area contributed by atoms with Gasteiger partial charge in [-0.1, -0.05) is 0 Å². The first kappa shape index (κ1) is 18.5. The van der Waals surface area contributed by atoms with Gasteiger partial charge >= 0.3 is 12.1 Å². The number of alkyl halides is 3. The van der Waals surface area contributed by atoms with Gasteiger partial charge in [-0.3, -0.25) is 9.79 Å². The van der Waals surface area contributed by atoms with Gasteiger partial charge in [0.15, 0.2) is 5.96 Å². The summed E-state index contributed by atoms with van der Waals surface area (Å²) in [6, 6.07) is 0. The summed E-state index contributed by atoms with van der Waals surface area (Å²) in [6.07, 6.45) is -3.45. The van der Waals surface area contributed by atoms with E-state index in [1.54, 1.807) is 0 Å². The van der Waals surface area contributed by atoms with Crippen LogP contribution in [0.1, 0.15) is 32.6 Å². The molecular formula is C12H22F3N3O2. The van der Waals surface area contributed by atoms with E-state index in [1.165, 1.54) is 7.11 Å². The smallest absolute Gasteiger partial charge is 0.390 e. The maximum Gasteiger partial charge on any atom is 0.390 e. The lowest BCUT2D eigenvalue weighted by atomic mass is 10.2. The van der Waals surface area contributed by atoms with Crippen molar-refractivity contribution in [2.24, 2.45) is 4.99 Å². The molecule has 0 bridgehead atoms. The molecular weight excluding hydrogens is 275 g/mol. The fourth-order valence-corrected chi connectivity index (χ4v) is 1.34. The second kappa shape index (κ2) is 10.3. The van der Waals surface area contributed by atoms with Gasteiger partial charge in [-0.2, -0.15) is 13.2 Å². The van der Waals surface area contributed by atoms with E-state index in [1.807, 2.05) is 6.92 Å². The Kier molecular flexibility index (Phi) is 9.57. The molecule has 0 amide bonds. The molecule has 0 aromatic heterocycles. The molecule has 2 N–H and O–H groups in total. The average molecular weight is 297 g/mol. The SMILES string of the molecule is CCNC(=NCCCCC(=O)OC)NCCC(F)(F)F. The second-order valence-corrected chi connectivity index (χ2v) is 4.09. The molecule has 0 rings (SSSR count). The van der Waals surface area contributed by atoms with Crippen molar-refractivity contribution in [2.75, 3.05) is 26.7 Å². The number of aliphatic imine (C=N–C) groups is 1. The molecule has 0 aromatic rings. The van der Waals surface area contributed by atoms with Crippen molar-refractivity contribution in [2.45, 2.75) is 38.8 Å². The first-order chi connectivity index (χ1) is 9.39. The summed E-state index contributed by atoms with van der Waals surface area (Å²) >= 11 is 0. The van der Waals surface area contributed by atoms with Gasteiger partial charge in [0.25, 0.3) is 0 Å². The number of hydrogen-bond donors (Lipinski definition) is 2. The van der Waals surface area contributed by atoms with Crippen LogP contribution in [0.5, 0.6) is 0 Å². The Balaban J connectivity index is 3.92. The third-order valence-electron chi connectivity index (χ3n) is 2.33. The van der Waals surface area contributed by atoms with E-state index in [2.05, 4.69) is 20.4 Å². The molecule has 0 aromatic carbocycles. The topological polar surface area (TPSA) is 62.7 Å². The molecule has 0 saturated heterocycles. The normalized spacial score (nSPS) is 12.2. The van der Waals surface area contributed by atoms with Crippen LogP contribution < -0.4 is 10.6 Å². The monoisotopic (exact) mass is 297 g/mol. The molecule has 118 valence electrons. The van der Waals surface area contributed by atoms with Crippen LogP contribution in [0.25, 0.3) is 0 Å². The lowest BCUT2D eigenvalue weighted by molar-refractivity contribution is -0.140. The van der Waals surface area contributed by atoms with Crippen LogP contribution in [0.3, 0.4) is 0 Å². The molecule has 0 saturated carbocycles. The zero-order chi connectivity index (χ0) is 15.4. The minimum Gasteiger partial charge on any atom is -0.469 e. The summed E-state index contributed by atoms with van der Waals surface area (Å²) in [5.41, 5.74) is 0. The van der Waals surface area contributed by atoms with Crippen LogP contribution in [-0.4, -0.2) is 44.8 Å². The number of guanidine groups is 1. The number of nitrogens with zero attached hydrogens (tertiary/aromatic N) is 1. The first-order valence-electron chi connectivity index (χ1n) is 6.54. The van der Waals surface area contributed by atoms with E-state index < -0.39 is 12.6 Å². The van der Waals surface area contributed by atoms with Crippen molar-refractivity contribution in [3.8, 4) is 0 Å². The highest BCUT2D eigenvalue weighted by Gasteiger charge is 2.26. The quantitative estimate of drug-likeness (QED) is 0.310. The summed E-state index contributed by atoms with van der Waals surface area (Å²) in [5, 5.41) is 5.47. The number of esters is 1. The molecule has 0 aliphatic carbocycles. The number of nitrogens with one attached hydrogen (secondary N) is 2. The van der Waals surface area contributed by atoms with Crippen LogP contribution in [0.2, 0.25) is 0 Å². The maximum absolute atomic E-state index is 12.0. The van der Waals surface area contributed by atoms with Crippen molar-refractivity contribution in [3.63, 3.8) is 0 Å². The highest BCUT2D eigenvalue weighted by Crippen LogP contribution is 2.17. The minimum atomic E-state index is -4.18. The van der Waals surface area contributed by atoms with Crippen molar-refractivity contribution in [1.29, 1.82) is 0 Å². The number of unbranched alkanes of at least 4 members (excludes halogenated alkanes) is 1. The van der Waals surface area contributed by atoms with Gasteiger partial charge in [0.1, 0.15) is 0 Å². The van der Waals surface area contributed by atoms with Crippen LogP contribution in [0.15, 0.2) is 4.99 Å². The van der Waals surface area contributed by atoms with E-state index in [0.29, 0.717) is 38.3 Å². The van der Waals surface area contributed by atoms with Crippen molar-refractivity contribution in [3.05, 3.63) is 0 Å². The zero-order valence-electron chi connectivity index (χ0n) is 11.8. The number of rotatable bonds is 8. The van der Waals surface area contributed by atoms with Crippen LogP contribution in [0.4, 0.5) is 13.2 Å². The van der Waals surface area contributed by atoms with Crippen molar-refractivity contribution < 1.29 is 22.7 Å². The Bertz CT molecular complexity index is 307. The third-order valence-corrected chi connectivity index (χ3v) is 2.33. The lowest BCUT2D eigenvalue weighted by Crippen LogP contribution is -2.39. The molecule has 0 heterocycles. The first-order valence-corrected chi connectivity index (χ1v) is 6.54. The van der Waals surface area contributed by atoms with E-state index in [-0.39, 0.29) is 12.5 Å². The van der Waals surface area contributed by atoms with E-state index >= 15 is 0 Å². The van der Waals surface area contributed by atoms with E-state index in [0.717, 1.165) is 0 Å². The van der Waals surface area contributed by atoms with Crippen LogP contribution >= 0.6 is 0 Å². The number of carbonyl (C=O) groups excluding carboxylic acids is 1. The minimum absolute atomic E-state index is 0.211. The molecule has 0 aliphatic rings. The number of ether oxygens (including phenoxy) is 1. The molecule has 0 atom stereocenters. The summed E-state index contributed by atoms with van der Waals surface area (Å²) in [4.78, 5) is 15.0. The van der Waals surface area contributed by atoms with Crippen LogP contribution in [0, 0.1) is 0 Å². The number of methoxy groups -OCH3 is 1. The van der Waals surface area contributed by atoms with Crippen molar-refractivity contribution in [1.82, 2.24) is 10.6 Å². The third kappa shape index (κ3) is 11.6. The van der Waals surface area contributed by atoms with Crippen LogP contribution in [-0.2, 0) is 9.53 Å². The second-order valence-electron chi connectivity index (χ2n) is 4.09. The number of halogens is 3. The predicted molar refractivity (Wildman–Crippen MR) is 70.5 cm³/mol. The predicted octanol–water partition coefficient (Wildman–Crippen LogP) is 1.84. The largest absolute Gasteiger partial charge is 0.469 e. The molecule has 0 unspecified atom stereocenters. The summed E-state index contributed by atoms with van der Waals surface area (Å²) < 4.78 is 40.5. The molecule has 0 radical (unpaired) electrons. The van der Waals surface area contributed by atoms with Gasteiger partial charge in [0.2, 0.25) is 0 Å². The average Bonchev–Trinajstić information content (AvgIpc) is 2.36. The fourth-order valence-electron chi connectivity index (χ4n) is 1.34. The molecule has 0 spiro atoms. The number of carbonyl (C=O) groups is 1. The van der Waals surface area contributed by atoms with Gasteiger partial charge in [0, 0.05) is 26.1 Å². The Morgan fingerprint density at radius 2 is 1.95 bits per heavy atom. The highest BCUT2D eigenvalue weighted by atomic mass is 19.4. The molecule has 8 heteroatoms. The zero-order valence-corrected chi connectivity index (χ0v) is 11.8. The highest BCUT2D eigenvalue weighted by molar-refractivity contribution is 5.79. The maximum atomic E-state index is 12.0.